The van der Waals surface area contributed by atoms with Gasteiger partial charge in [-0.05, 0) is 31.6 Å². The highest BCUT2D eigenvalue weighted by atomic mass is 14.2. The fourth-order valence-electron chi connectivity index (χ4n) is 3.92. The molecule has 0 saturated heterocycles. The Kier molecular flexibility index (Phi) is 19.3. The van der Waals surface area contributed by atoms with Crippen LogP contribution >= 0.6 is 0 Å². The van der Waals surface area contributed by atoms with Gasteiger partial charge in [0, 0.05) is 0 Å². The molecule has 0 saturated carbocycles. The topological polar surface area (TPSA) is 0 Å². The fourth-order valence-corrected chi connectivity index (χ4v) is 3.92. The maximum atomic E-state index is 2.45. The smallest absolute Gasteiger partial charge is 0.0346 e. The Bertz CT molecular complexity index is 286. The first-order chi connectivity index (χ1) is 12.6. The monoisotopic (exact) mass is 364 g/mol. The maximum absolute atomic E-state index is 2.45. The van der Waals surface area contributed by atoms with Crippen molar-refractivity contribution in [1.82, 2.24) is 0 Å². The van der Waals surface area contributed by atoms with Gasteiger partial charge in [-0.25, -0.2) is 0 Å². The number of hydrogen-bond acceptors (Lipinski definition) is 0. The van der Waals surface area contributed by atoms with Gasteiger partial charge in [0.2, 0.25) is 0 Å². The Morgan fingerprint density at radius 3 is 1.31 bits per heavy atom. The molecule has 0 nitrogen and oxygen atoms in total. The highest BCUT2D eigenvalue weighted by molar-refractivity contribution is 4.80. The predicted octanol–water partition coefficient (Wildman–Crippen LogP) is 10.0. The van der Waals surface area contributed by atoms with Crippen LogP contribution in [-0.4, -0.2) is 0 Å². The molecule has 0 aliphatic rings. The molecular weight excluding hydrogens is 312 g/mol. The average molecular weight is 365 g/mol. The Morgan fingerprint density at radius 2 is 0.923 bits per heavy atom. The van der Waals surface area contributed by atoms with Gasteiger partial charge in [-0.1, -0.05) is 136 Å². The van der Waals surface area contributed by atoms with Crippen molar-refractivity contribution < 1.29 is 0 Å². The molecule has 0 heteroatoms. The highest BCUT2D eigenvalue weighted by Gasteiger charge is 2.15. The van der Waals surface area contributed by atoms with Crippen LogP contribution in [0.25, 0.3) is 0 Å². The molecule has 0 bridgehead atoms. The van der Waals surface area contributed by atoms with E-state index in [-0.39, 0.29) is 0 Å². The van der Waals surface area contributed by atoms with E-state index in [1.54, 1.807) is 0 Å². The van der Waals surface area contributed by atoms with Gasteiger partial charge in [-0.2, -0.15) is 0 Å². The summed E-state index contributed by atoms with van der Waals surface area (Å²) in [5, 5.41) is 0. The van der Waals surface area contributed by atoms with Crippen LogP contribution in [0.3, 0.4) is 0 Å². The second-order valence-electron chi connectivity index (χ2n) is 9.33. The summed E-state index contributed by atoms with van der Waals surface area (Å²) in [4.78, 5) is 0. The molecule has 0 aliphatic heterocycles. The van der Waals surface area contributed by atoms with Crippen LogP contribution in [0, 0.1) is 5.41 Å². The number of allylic oxidation sites excluding steroid dienone is 2. The lowest BCUT2D eigenvalue weighted by molar-refractivity contribution is 0.296. The SMILES string of the molecule is C/C=C/CCC(C)(C)CCCCCCCCCCCCCCCCCC. The van der Waals surface area contributed by atoms with Gasteiger partial charge in [0.25, 0.3) is 0 Å². The number of hydrogen-bond donors (Lipinski definition) is 0. The standard InChI is InChI=1S/C26H52/c1-5-7-9-10-11-12-13-14-15-16-17-18-19-20-21-23-25-26(3,4)24-22-8-6-2/h6,8H,5,7,9-25H2,1-4H3/b8-6+. The average Bonchev–Trinajstić information content (AvgIpc) is 2.61. The zero-order valence-corrected chi connectivity index (χ0v) is 19.1. The van der Waals surface area contributed by atoms with Gasteiger partial charge >= 0.3 is 0 Å². The van der Waals surface area contributed by atoms with Crippen molar-refractivity contribution >= 4 is 0 Å². The highest BCUT2D eigenvalue weighted by Crippen LogP contribution is 2.29. The van der Waals surface area contributed by atoms with Crippen LogP contribution in [-0.2, 0) is 0 Å². The van der Waals surface area contributed by atoms with Crippen molar-refractivity contribution in [3.8, 4) is 0 Å². The predicted molar refractivity (Wildman–Crippen MR) is 122 cm³/mol. The third kappa shape index (κ3) is 20.1. The van der Waals surface area contributed by atoms with E-state index in [0.717, 1.165) is 0 Å². The molecule has 26 heavy (non-hydrogen) atoms. The van der Waals surface area contributed by atoms with Gasteiger partial charge in [-0.3, -0.25) is 0 Å². The van der Waals surface area contributed by atoms with Crippen molar-refractivity contribution in [2.45, 2.75) is 150 Å². The quantitative estimate of drug-likeness (QED) is 0.149. The Morgan fingerprint density at radius 1 is 0.538 bits per heavy atom. The molecule has 0 unspecified atom stereocenters. The minimum atomic E-state index is 0.537. The first-order valence-corrected chi connectivity index (χ1v) is 12.2. The fraction of sp³-hybridized carbons (Fsp3) is 0.923. The summed E-state index contributed by atoms with van der Waals surface area (Å²) >= 11 is 0. The van der Waals surface area contributed by atoms with Crippen molar-refractivity contribution in [2.24, 2.45) is 5.41 Å². The molecule has 0 rings (SSSR count). The second kappa shape index (κ2) is 19.5. The Hall–Kier alpha value is -0.260. The molecule has 156 valence electrons. The molecule has 0 fully saturated rings. The van der Waals surface area contributed by atoms with Gasteiger partial charge in [0.05, 0.1) is 0 Å². The van der Waals surface area contributed by atoms with Gasteiger partial charge in [0.1, 0.15) is 0 Å². The largest absolute Gasteiger partial charge is 0.0917 e. The maximum Gasteiger partial charge on any atom is -0.0346 e. The first-order valence-electron chi connectivity index (χ1n) is 12.2. The Labute approximate surface area is 167 Å². The van der Waals surface area contributed by atoms with Crippen molar-refractivity contribution in [1.29, 1.82) is 0 Å². The van der Waals surface area contributed by atoms with E-state index < -0.39 is 0 Å². The zero-order chi connectivity index (χ0) is 19.3. The van der Waals surface area contributed by atoms with Crippen LogP contribution < -0.4 is 0 Å². The summed E-state index contributed by atoms with van der Waals surface area (Å²) in [6.07, 6.45) is 31.9. The minimum absolute atomic E-state index is 0.537. The number of rotatable bonds is 20. The molecule has 0 aromatic carbocycles. The van der Waals surface area contributed by atoms with E-state index in [9.17, 15) is 0 Å². The lowest BCUT2D eigenvalue weighted by atomic mass is 9.82. The van der Waals surface area contributed by atoms with E-state index in [0.29, 0.717) is 5.41 Å². The van der Waals surface area contributed by atoms with Crippen LogP contribution in [0.1, 0.15) is 150 Å². The number of unbranched alkanes of at least 4 members (excludes halogenated alkanes) is 15. The van der Waals surface area contributed by atoms with Crippen LogP contribution in [0.2, 0.25) is 0 Å². The molecule has 0 N–H and O–H groups in total. The van der Waals surface area contributed by atoms with Crippen LogP contribution in [0.4, 0.5) is 0 Å². The summed E-state index contributed by atoms with van der Waals surface area (Å²) in [5.74, 6) is 0. The van der Waals surface area contributed by atoms with Gasteiger partial charge in [0.15, 0.2) is 0 Å². The lowest BCUT2D eigenvalue weighted by Gasteiger charge is -2.23. The molecule has 0 radical (unpaired) electrons. The van der Waals surface area contributed by atoms with Crippen molar-refractivity contribution in [3.05, 3.63) is 12.2 Å². The zero-order valence-electron chi connectivity index (χ0n) is 19.1. The lowest BCUT2D eigenvalue weighted by Crippen LogP contribution is -2.10. The van der Waals surface area contributed by atoms with E-state index >= 15 is 0 Å². The molecule has 0 aromatic heterocycles. The second-order valence-corrected chi connectivity index (χ2v) is 9.33. The normalized spacial score (nSPS) is 12.3. The molecule has 0 aromatic rings. The van der Waals surface area contributed by atoms with Crippen molar-refractivity contribution in [3.63, 3.8) is 0 Å². The Balaban J connectivity index is 3.19. The third-order valence-electron chi connectivity index (χ3n) is 5.93. The van der Waals surface area contributed by atoms with E-state index in [1.807, 2.05) is 0 Å². The summed E-state index contributed by atoms with van der Waals surface area (Å²) in [6.45, 7) is 9.32. The van der Waals surface area contributed by atoms with Crippen LogP contribution in [0.5, 0.6) is 0 Å². The molecular formula is C26H52. The minimum Gasteiger partial charge on any atom is -0.0917 e. The van der Waals surface area contributed by atoms with Gasteiger partial charge in [-0.15, -0.1) is 0 Å². The molecule has 0 heterocycles. The third-order valence-corrected chi connectivity index (χ3v) is 5.93. The van der Waals surface area contributed by atoms with E-state index in [1.165, 1.54) is 122 Å². The molecule has 0 aliphatic carbocycles. The van der Waals surface area contributed by atoms with E-state index in [2.05, 4.69) is 39.8 Å². The molecule has 0 atom stereocenters. The first kappa shape index (κ1) is 25.7. The van der Waals surface area contributed by atoms with Crippen molar-refractivity contribution in [2.75, 3.05) is 0 Å². The van der Waals surface area contributed by atoms with Crippen LogP contribution in [0.15, 0.2) is 12.2 Å². The summed E-state index contributed by atoms with van der Waals surface area (Å²) in [5.41, 5.74) is 0.537. The van der Waals surface area contributed by atoms with Gasteiger partial charge < -0.3 is 0 Å². The molecule has 0 spiro atoms. The van der Waals surface area contributed by atoms with E-state index in [4.69, 9.17) is 0 Å². The summed E-state index contributed by atoms with van der Waals surface area (Å²) < 4.78 is 0. The molecule has 0 amide bonds. The summed E-state index contributed by atoms with van der Waals surface area (Å²) in [6, 6.07) is 0. The summed E-state index contributed by atoms with van der Waals surface area (Å²) in [7, 11) is 0.